The summed E-state index contributed by atoms with van der Waals surface area (Å²) in [6, 6.07) is 5.98. The van der Waals surface area contributed by atoms with Gasteiger partial charge in [-0.15, -0.1) is 0 Å². The van der Waals surface area contributed by atoms with Crippen LogP contribution in [0.1, 0.15) is 20.3 Å². The molecule has 1 aromatic rings. The maximum atomic E-state index is 11.7. The van der Waals surface area contributed by atoms with Crippen LogP contribution in [0.25, 0.3) is 0 Å². The zero-order valence-electron chi connectivity index (χ0n) is 14.7. The molecule has 0 aliphatic rings. The average Bonchev–Trinajstić information content (AvgIpc) is 2.62. The highest BCUT2D eigenvalue weighted by atomic mass is 16.6. The Labute approximate surface area is 146 Å². The Morgan fingerprint density at radius 2 is 1.72 bits per heavy atom. The third-order valence-corrected chi connectivity index (χ3v) is 3.10. The molecule has 0 radical (unpaired) electrons. The van der Waals surface area contributed by atoms with E-state index in [1.807, 2.05) is 6.92 Å². The van der Waals surface area contributed by atoms with Crippen molar-refractivity contribution in [3.63, 3.8) is 0 Å². The number of esters is 1. The van der Waals surface area contributed by atoms with Crippen LogP contribution in [-0.4, -0.2) is 50.7 Å². The molecular formula is C17H24N2O6. The zero-order valence-corrected chi connectivity index (χ0v) is 14.7. The Morgan fingerprint density at radius 3 is 2.32 bits per heavy atom. The minimum atomic E-state index is -0.701. The number of carbonyl (C=O) groups excluding carboxylic acids is 3. The van der Waals surface area contributed by atoms with E-state index in [0.29, 0.717) is 18.0 Å². The van der Waals surface area contributed by atoms with Gasteiger partial charge in [-0.3, -0.25) is 9.59 Å². The van der Waals surface area contributed by atoms with Gasteiger partial charge in [0.15, 0.2) is 13.2 Å². The van der Waals surface area contributed by atoms with Crippen molar-refractivity contribution >= 4 is 17.8 Å². The number of benzene rings is 1. The maximum absolute atomic E-state index is 11.7. The van der Waals surface area contributed by atoms with Crippen molar-refractivity contribution in [2.24, 2.45) is 0 Å². The summed E-state index contributed by atoms with van der Waals surface area (Å²) >= 11 is 0. The lowest BCUT2D eigenvalue weighted by Crippen LogP contribution is -2.46. The van der Waals surface area contributed by atoms with Gasteiger partial charge >= 0.3 is 5.97 Å². The number of hydrogen-bond donors (Lipinski definition) is 2. The summed E-state index contributed by atoms with van der Waals surface area (Å²) < 4.78 is 15.0. The van der Waals surface area contributed by atoms with Crippen molar-refractivity contribution < 1.29 is 28.6 Å². The van der Waals surface area contributed by atoms with Gasteiger partial charge < -0.3 is 24.8 Å². The van der Waals surface area contributed by atoms with E-state index < -0.39 is 24.5 Å². The molecule has 0 spiro atoms. The summed E-state index contributed by atoms with van der Waals surface area (Å²) in [6.07, 6.45) is 0.804. The van der Waals surface area contributed by atoms with Crippen molar-refractivity contribution in [1.29, 1.82) is 0 Å². The Morgan fingerprint density at radius 1 is 1.08 bits per heavy atom. The molecule has 0 bridgehead atoms. The normalized spacial score (nSPS) is 11.2. The van der Waals surface area contributed by atoms with Crippen LogP contribution in [0.15, 0.2) is 24.3 Å². The van der Waals surface area contributed by atoms with Gasteiger partial charge in [0, 0.05) is 6.54 Å². The summed E-state index contributed by atoms with van der Waals surface area (Å²) in [5.41, 5.74) is 0. The molecule has 25 heavy (non-hydrogen) atoms. The number of nitrogens with one attached hydrogen (secondary N) is 2. The smallest absolute Gasteiger partial charge is 0.344 e. The topological polar surface area (TPSA) is 103 Å². The Hall–Kier alpha value is -2.77. The van der Waals surface area contributed by atoms with Gasteiger partial charge in [0.1, 0.15) is 17.5 Å². The van der Waals surface area contributed by atoms with Crippen molar-refractivity contribution in [2.75, 3.05) is 26.9 Å². The molecular weight excluding hydrogens is 328 g/mol. The molecule has 0 saturated carbocycles. The Balaban J connectivity index is 2.25. The first-order valence-electron chi connectivity index (χ1n) is 7.95. The van der Waals surface area contributed by atoms with Crippen LogP contribution < -0.4 is 20.1 Å². The molecule has 0 saturated heterocycles. The lowest BCUT2D eigenvalue weighted by atomic mass is 10.3. The summed E-state index contributed by atoms with van der Waals surface area (Å²) in [7, 11) is 1.55. The van der Waals surface area contributed by atoms with E-state index in [1.165, 1.54) is 0 Å². The van der Waals surface area contributed by atoms with Gasteiger partial charge in [0.25, 0.3) is 5.91 Å². The maximum Gasteiger partial charge on any atom is 0.344 e. The van der Waals surface area contributed by atoms with Crippen molar-refractivity contribution in [3.05, 3.63) is 24.3 Å². The van der Waals surface area contributed by atoms with Crippen molar-refractivity contribution in [2.45, 2.75) is 26.3 Å². The van der Waals surface area contributed by atoms with Gasteiger partial charge in [0.05, 0.1) is 7.11 Å². The molecule has 138 valence electrons. The number of amides is 2. The third-order valence-electron chi connectivity index (χ3n) is 3.10. The molecule has 0 unspecified atom stereocenters. The second-order valence-corrected chi connectivity index (χ2v) is 5.21. The summed E-state index contributed by atoms with van der Waals surface area (Å²) in [6.45, 7) is 3.22. The summed E-state index contributed by atoms with van der Waals surface area (Å²) in [4.78, 5) is 34.8. The van der Waals surface area contributed by atoms with Crippen LogP contribution in [0, 0.1) is 0 Å². The summed E-state index contributed by atoms with van der Waals surface area (Å²) in [5, 5.41) is 5.11. The number of methoxy groups -OCH3 is 1. The average molecular weight is 352 g/mol. The van der Waals surface area contributed by atoms with Crippen LogP contribution in [0.5, 0.6) is 11.5 Å². The number of ether oxygens (including phenoxy) is 3. The Bertz CT molecular complexity index is 573. The molecule has 0 aliphatic heterocycles. The number of carbonyl (C=O) groups is 3. The molecule has 0 aliphatic carbocycles. The first kappa shape index (κ1) is 20.3. The quantitative estimate of drug-likeness (QED) is 0.599. The lowest BCUT2D eigenvalue weighted by Gasteiger charge is -2.14. The molecule has 8 nitrogen and oxygen atoms in total. The van der Waals surface area contributed by atoms with E-state index in [4.69, 9.17) is 14.2 Å². The fourth-order valence-electron chi connectivity index (χ4n) is 1.75. The zero-order chi connectivity index (χ0) is 18.7. The van der Waals surface area contributed by atoms with E-state index in [1.54, 1.807) is 38.3 Å². The first-order chi connectivity index (χ1) is 12.0. The van der Waals surface area contributed by atoms with E-state index in [0.717, 1.165) is 6.42 Å². The molecule has 2 amide bonds. The van der Waals surface area contributed by atoms with Gasteiger partial charge in [-0.05, 0) is 37.6 Å². The fourth-order valence-corrected chi connectivity index (χ4v) is 1.75. The van der Waals surface area contributed by atoms with Crippen LogP contribution in [0.3, 0.4) is 0 Å². The van der Waals surface area contributed by atoms with Crippen molar-refractivity contribution in [3.8, 4) is 11.5 Å². The van der Waals surface area contributed by atoms with E-state index >= 15 is 0 Å². The Kier molecular flexibility index (Phi) is 8.84. The van der Waals surface area contributed by atoms with Gasteiger partial charge in [0.2, 0.25) is 5.91 Å². The fraction of sp³-hybridized carbons (Fsp3) is 0.471. The summed E-state index contributed by atoms with van der Waals surface area (Å²) in [5.74, 6) is -0.387. The molecule has 2 N–H and O–H groups in total. The second kappa shape index (κ2) is 10.9. The standard InChI is InChI=1S/C17H24N2O6/c1-4-9-18-17(22)12(2)19-15(20)10-25-16(21)11-24-14-7-5-13(23-3)6-8-14/h5-8,12H,4,9-11H2,1-3H3,(H,18,22)(H,19,20)/t12-/m1/s1. The van der Waals surface area contributed by atoms with E-state index in [9.17, 15) is 14.4 Å². The molecule has 0 aromatic heterocycles. The molecule has 1 atom stereocenters. The predicted octanol–water partition coefficient (Wildman–Crippen LogP) is 0.648. The van der Waals surface area contributed by atoms with Crippen LogP contribution in [0.2, 0.25) is 0 Å². The highest BCUT2D eigenvalue weighted by molar-refractivity contribution is 5.88. The highest BCUT2D eigenvalue weighted by Crippen LogP contribution is 2.16. The van der Waals surface area contributed by atoms with Crippen LogP contribution in [-0.2, 0) is 19.1 Å². The molecule has 0 fully saturated rings. The highest BCUT2D eigenvalue weighted by Gasteiger charge is 2.16. The third kappa shape index (κ3) is 8.05. The monoisotopic (exact) mass is 352 g/mol. The minimum absolute atomic E-state index is 0.288. The van der Waals surface area contributed by atoms with Gasteiger partial charge in [-0.2, -0.15) is 0 Å². The second-order valence-electron chi connectivity index (χ2n) is 5.21. The van der Waals surface area contributed by atoms with Gasteiger partial charge in [-0.25, -0.2) is 4.79 Å². The van der Waals surface area contributed by atoms with Crippen molar-refractivity contribution in [1.82, 2.24) is 10.6 Å². The molecule has 1 aromatic carbocycles. The van der Waals surface area contributed by atoms with Crippen LogP contribution in [0.4, 0.5) is 0 Å². The molecule has 0 heterocycles. The SMILES string of the molecule is CCCNC(=O)[C@@H](C)NC(=O)COC(=O)COc1ccc(OC)cc1. The van der Waals surface area contributed by atoms with E-state index in [2.05, 4.69) is 10.6 Å². The molecule has 8 heteroatoms. The van der Waals surface area contributed by atoms with Crippen LogP contribution >= 0.6 is 0 Å². The predicted molar refractivity (Wildman–Crippen MR) is 90.4 cm³/mol. The first-order valence-corrected chi connectivity index (χ1v) is 7.95. The lowest BCUT2D eigenvalue weighted by molar-refractivity contribution is -0.150. The number of rotatable bonds is 10. The van der Waals surface area contributed by atoms with Gasteiger partial charge in [-0.1, -0.05) is 6.92 Å². The molecule has 1 rings (SSSR count). The largest absolute Gasteiger partial charge is 0.497 e. The minimum Gasteiger partial charge on any atom is -0.497 e. The number of hydrogen-bond acceptors (Lipinski definition) is 6. The van der Waals surface area contributed by atoms with E-state index in [-0.39, 0.29) is 12.5 Å².